The third-order valence-corrected chi connectivity index (χ3v) is 1.09. The van der Waals surface area contributed by atoms with Gasteiger partial charge in [0.05, 0.1) is 0 Å². The summed E-state index contributed by atoms with van der Waals surface area (Å²) in [5, 5.41) is 16.3. The van der Waals surface area contributed by atoms with Crippen molar-refractivity contribution in [1.29, 1.82) is 0 Å². The van der Waals surface area contributed by atoms with Crippen LogP contribution < -0.4 is 11.8 Å². The Morgan fingerprint density at radius 1 is 0.929 bits per heavy atom. The number of hydrogen-bond donors (Lipinski definition) is 4. The Morgan fingerprint density at radius 3 is 1.36 bits per heavy atom. The molecule has 14 heavy (non-hydrogen) atoms. The third-order valence-electron chi connectivity index (χ3n) is 1.09. The molecule has 0 heterocycles. The van der Waals surface area contributed by atoms with Crippen LogP contribution in [0.25, 0.3) is 0 Å². The maximum absolute atomic E-state index is 9.90. The van der Waals surface area contributed by atoms with Gasteiger partial charge >= 0.3 is 11.9 Å². The summed E-state index contributed by atoms with van der Waals surface area (Å²) in [7, 11) is 0. The van der Waals surface area contributed by atoms with Crippen molar-refractivity contribution in [2.24, 2.45) is 11.8 Å². The molecule has 0 aromatic heterocycles. The van der Waals surface area contributed by atoms with Crippen LogP contribution in [0.15, 0.2) is 0 Å². The largest absolute Gasteiger partial charge is 0.481 e. The fraction of sp³-hybridized carbons (Fsp3) is 0.667. The Kier molecular flexibility index (Phi) is 12.8. The minimum absolute atomic E-state index is 0.0628. The van der Waals surface area contributed by atoms with Gasteiger partial charge in [-0.15, -0.1) is 9.98 Å². The Hall–Kier alpha value is -1.22. The number of unbranched alkanes of at least 4 members (excludes halogenated alkanes) is 1. The number of hydrogen-bond acceptors (Lipinski definition) is 6. The molecule has 0 bridgehead atoms. The first-order valence-corrected chi connectivity index (χ1v) is 3.70. The van der Waals surface area contributed by atoms with Crippen molar-refractivity contribution >= 4 is 11.9 Å². The molecular formula is C6H14N2O6. The summed E-state index contributed by atoms with van der Waals surface area (Å²) >= 11 is 0. The average Bonchev–Trinajstić information content (AvgIpc) is 2.12. The lowest BCUT2D eigenvalue weighted by atomic mass is 10.2. The molecule has 8 heteroatoms. The van der Waals surface area contributed by atoms with Gasteiger partial charge in [-0.1, -0.05) is 0 Å². The van der Waals surface area contributed by atoms with Crippen molar-refractivity contribution in [3.63, 3.8) is 0 Å². The first-order chi connectivity index (χ1) is 6.54. The summed E-state index contributed by atoms with van der Waals surface area (Å²) in [6, 6.07) is 0. The van der Waals surface area contributed by atoms with Gasteiger partial charge in [0, 0.05) is 12.8 Å². The van der Waals surface area contributed by atoms with E-state index in [9.17, 15) is 9.59 Å². The standard InChI is InChI=1S/C6H10O4.H4N2O2/c7-5(8)3-1-2-4-6(9)10;1-3-4-2/h1-4H2,(H,7,8)(H,9,10);1-2H2. The molecular weight excluding hydrogens is 196 g/mol. The summed E-state index contributed by atoms with van der Waals surface area (Å²) < 4.78 is 0. The predicted molar refractivity (Wildman–Crippen MR) is 44.3 cm³/mol. The van der Waals surface area contributed by atoms with Crippen molar-refractivity contribution in [1.82, 2.24) is 0 Å². The lowest BCUT2D eigenvalue weighted by Crippen LogP contribution is -2.04. The van der Waals surface area contributed by atoms with Crippen LogP contribution in [0.2, 0.25) is 0 Å². The highest BCUT2D eigenvalue weighted by atomic mass is 17.3. The van der Waals surface area contributed by atoms with Crippen molar-refractivity contribution in [3.8, 4) is 0 Å². The molecule has 0 aliphatic heterocycles. The van der Waals surface area contributed by atoms with Crippen molar-refractivity contribution in [2.75, 3.05) is 0 Å². The number of carboxylic acid groups (broad SMARTS) is 2. The molecule has 0 saturated heterocycles. The molecule has 0 aliphatic carbocycles. The molecule has 0 atom stereocenters. The molecule has 0 aromatic rings. The van der Waals surface area contributed by atoms with E-state index in [1.807, 2.05) is 0 Å². The van der Waals surface area contributed by atoms with Crippen LogP contribution in [0, 0.1) is 0 Å². The highest BCUT2D eigenvalue weighted by Crippen LogP contribution is 1.98. The average molecular weight is 210 g/mol. The zero-order valence-corrected chi connectivity index (χ0v) is 7.51. The topological polar surface area (TPSA) is 145 Å². The van der Waals surface area contributed by atoms with E-state index < -0.39 is 11.9 Å². The number of rotatable bonds is 6. The van der Waals surface area contributed by atoms with E-state index >= 15 is 0 Å². The second-order valence-corrected chi connectivity index (χ2v) is 2.19. The van der Waals surface area contributed by atoms with Gasteiger partial charge in [0.2, 0.25) is 0 Å². The highest BCUT2D eigenvalue weighted by molar-refractivity contribution is 5.67. The summed E-state index contributed by atoms with van der Waals surface area (Å²) in [4.78, 5) is 26.4. The number of carboxylic acids is 2. The van der Waals surface area contributed by atoms with Gasteiger partial charge in [-0.3, -0.25) is 9.59 Å². The molecule has 84 valence electrons. The third kappa shape index (κ3) is 22.4. The maximum Gasteiger partial charge on any atom is 0.303 e. The number of carbonyl (C=O) groups is 2. The fourth-order valence-corrected chi connectivity index (χ4v) is 0.552. The SMILES string of the molecule is NOON.O=C(O)CCCCC(=O)O. The highest BCUT2D eigenvalue weighted by Gasteiger charge is 1.99. The van der Waals surface area contributed by atoms with E-state index in [0.29, 0.717) is 12.8 Å². The monoisotopic (exact) mass is 210 g/mol. The van der Waals surface area contributed by atoms with Crippen LogP contribution in [0.4, 0.5) is 0 Å². The lowest BCUT2D eigenvalue weighted by molar-refractivity contribution is -0.304. The maximum atomic E-state index is 9.90. The van der Waals surface area contributed by atoms with Crippen molar-refractivity contribution in [2.45, 2.75) is 25.7 Å². The molecule has 0 rings (SSSR count). The molecule has 0 aliphatic rings. The Labute approximate surface area is 80.2 Å². The summed E-state index contributed by atoms with van der Waals surface area (Å²) in [5.41, 5.74) is 0. The fourth-order valence-electron chi connectivity index (χ4n) is 0.552. The molecule has 0 fully saturated rings. The Balaban J connectivity index is 0. The predicted octanol–water partition coefficient (Wildman–Crippen LogP) is -0.602. The van der Waals surface area contributed by atoms with E-state index in [-0.39, 0.29) is 12.8 Å². The van der Waals surface area contributed by atoms with E-state index in [1.165, 1.54) is 0 Å². The first-order valence-electron chi connectivity index (χ1n) is 3.70. The summed E-state index contributed by atoms with van der Waals surface area (Å²) in [5.74, 6) is 6.62. The van der Waals surface area contributed by atoms with E-state index in [0.717, 1.165) is 0 Å². The summed E-state index contributed by atoms with van der Waals surface area (Å²) in [6.45, 7) is 0. The van der Waals surface area contributed by atoms with Gasteiger partial charge in [-0.2, -0.15) is 11.8 Å². The second-order valence-electron chi connectivity index (χ2n) is 2.19. The first kappa shape index (κ1) is 15.3. The van der Waals surface area contributed by atoms with Crippen LogP contribution in [0.3, 0.4) is 0 Å². The second kappa shape index (κ2) is 11.8. The molecule has 6 N–H and O–H groups in total. The van der Waals surface area contributed by atoms with Gasteiger partial charge in [0.1, 0.15) is 0 Å². The van der Waals surface area contributed by atoms with Gasteiger partial charge in [0.15, 0.2) is 0 Å². The van der Waals surface area contributed by atoms with Crippen LogP contribution in [-0.2, 0) is 19.6 Å². The lowest BCUT2D eigenvalue weighted by Gasteiger charge is -1.92. The molecule has 0 unspecified atom stereocenters. The zero-order valence-electron chi connectivity index (χ0n) is 7.51. The van der Waals surface area contributed by atoms with Crippen LogP contribution in [0.5, 0.6) is 0 Å². The molecule has 0 saturated carbocycles. The normalized spacial score (nSPS) is 8.71. The van der Waals surface area contributed by atoms with Gasteiger partial charge in [0.25, 0.3) is 0 Å². The Bertz CT molecular complexity index is 144. The smallest absolute Gasteiger partial charge is 0.303 e. The molecule has 0 spiro atoms. The summed E-state index contributed by atoms with van der Waals surface area (Å²) in [6.07, 6.45) is 1.02. The van der Waals surface area contributed by atoms with Crippen LogP contribution in [0.1, 0.15) is 25.7 Å². The van der Waals surface area contributed by atoms with E-state index in [1.54, 1.807) is 0 Å². The minimum atomic E-state index is -0.870. The Morgan fingerprint density at radius 2 is 1.21 bits per heavy atom. The van der Waals surface area contributed by atoms with Crippen LogP contribution in [-0.4, -0.2) is 22.2 Å². The minimum Gasteiger partial charge on any atom is -0.481 e. The van der Waals surface area contributed by atoms with Crippen molar-refractivity contribution in [3.05, 3.63) is 0 Å². The molecule has 0 amide bonds. The molecule has 0 radical (unpaired) electrons. The van der Waals surface area contributed by atoms with Gasteiger partial charge in [-0.05, 0) is 12.8 Å². The van der Waals surface area contributed by atoms with E-state index in [2.05, 4.69) is 21.8 Å². The van der Waals surface area contributed by atoms with Crippen molar-refractivity contribution < 1.29 is 29.8 Å². The quantitative estimate of drug-likeness (QED) is 0.258. The van der Waals surface area contributed by atoms with Gasteiger partial charge < -0.3 is 10.2 Å². The number of nitrogens with two attached hydrogens (primary N) is 2. The van der Waals surface area contributed by atoms with Gasteiger partial charge in [-0.25, -0.2) is 0 Å². The molecule has 8 nitrogen and oxygen atoms in total. The van der Waals surface area contributed by atoms with Crippen LogP contribution >= 0.6 is 0 Å². The number of aliphatic carboxylic acids is 2. The molecule has 0 aromatic carbocycles. The van der Waals surface area contributed by atoms with E-state index in [4.69, 9.17) is 10.2 Å². The zero-order chi connectivity index (χ0) is 11.4.